The molecular formula is C14H14Cl2FN3S. The van der Waals surface area contributed by atoms with E-state index in [9.17, 15) is 4.39 Å². The molecule has 0 spiro atoms. The minimum atomic E-state index is -0.205. The molecule has 2 aromatic rings. The number of piperazine rings is 1. The van der Waals surface area contributed by atoms with E-state index in [0.29, 0.717) is 11.0 Å². The van der Waals surface area contributed by atoms with E-state index in [4.69, 9.17) is 23.2 Å². The van der Waals surface area contributed by atoms with Crippen LogP contribution < -0.4 is 9.80 Å². The second-order valence-corrected chi connectivity index (χ2v) is 6.48. The third kappa shape index (κ3) is 3.25. The lowest BCUT2D eigenvalue weighted by Crippen LogP contribution is -2.46. The van der Waals surface area contributed by atoms with Crippen LogP contribution in [0.2, 0.25) is 5.15 Å². The second kappa shape index (κ2) is 6.38. The molecule has 0 radical (unpaired) electrons. The maximum Gasteiger partial charge on any atom is 0.187 e. The summed E-state index contributed by atoms with van der Waals surface area (Å²) >= 11 is 13.4. The predicted octanol–water partition coefficient (Wildman–Crippen LogP) is 4.00. The number of alkyl halides is 1. The molecule has 3 rings (SSSR count). The fourth-order valence-corrected chi connectivity index (χ4v) is 3.87. The fraction of sp³-hybridized carbons (Fsp3) is 0.357. The van der Waals surface area contributed by atoms with Crippen LogP contribution in [0.3, 0.4) is 0 Å². The van der Waals surface area contributed by atoms with E-state index in [1.807, 2.05) is 12.1 Å². The van der Waals surface area contributed by atoms with Gasteiger partial charge in [0.2, 0.25) is 0 Å². The number of hydrogen-bond donors (Lipinski definition) is 0. The zero-order valence-corrected chi connectivity index (χ0v) is 13.6. The van der Waals surface area contributed by atoms with Crippen LogP contribution in [0.1, 0.15) is 4.88 Å². The van der Waals surface area contributed by atoms with Gasteiger partial charge in [0.15, 0.2) is 5.13 Å². The lowest BCUT2D eigenvalue weighted by Gasteiger charge is -2.36. The van der Waals surface area contributed by atoms with Gasteiger partial charge in [-0.1, -0.05) is 22.9 Å². The van der Waals surface area contributed by atoms with Gasteiger partial charge in [-0.15, -0.1) is 11.6 Å². The molecule has 0 bridgehead atoms. The topological polar surface area (TPSA) is 19.4 Å². The van der Waals surface area contributed by atoms with Crippen molar-refractivity contribution in [2.24, 2.45) is 0 Å². The number of benzene rings is 1. The molecule has 0 aliphatic carbocycles. The average Bonchev–Trinajstić information content (AvgIpc) is 2.89. The fourth-order valence-electron chi connectivity index (χ4n) is 2.35. The summed E-state index contributed by atoms with van der Waals surface area (Å²) in [6, 6.07) is 6.62. The second-order valence-electron chi connectivity index (χ2n) is 4.79. The van der Waals surface area contributed by atoms with Crippen LogP contribution in [0.4, 0.5) is 15.2 Å². The number of anilines is 2. The maximum absolute atomic E-state index is 13.0. The van der Waals surface area contributed by atoms with Crippen molar-refractivity contribution in [3.8, 4) is 0 Å². The van der Waals surface area contributed by atoms with E-state index in [-0.39, 0.29) is 5.82 Å². The van der Waals surface area contributed by atoms with Gasteiger partial charge in [0.25, 0.3) is 0 Å². The van der Waals surface area contributed by atoms with Crippen molar-refractivity contribution in [1.82, 2.24) is 4.98 Å². The summed E-state index contributed by atoms with van der Waals surface area (Å²) in [5.74, 6) is 0.190. The van der Waals surface area contributed by atoms with Crippen molar-refractivity contribution in [3.63, 3.8) is 0 Å². The van der Waals surface area contributed by atoms with Crippen molar-refractivity contribution in [3.05, 3.63) is 40.1 Å². The molecule has 0 saturated carbocycles. The SMILES string of the molecule is Fc1ccc(N2CCN(c3nc(Cl)c(CCl)s3)CC2)cc1. The van der Waals surface area contributed by atoms with Gasteiger partial charge >= 0.3 is 0 Å². The Morgan fingerprint density at radius 2 is 1.71 bits per heavy atom. The zero-order valence-electron chi connectivity index (χ0n) is 11.2. The van der Waals surface area contributed by atoms with Crippen LogP contribution >= 0.6 is 34.5 Å². The summed E-state index contributed by atoms with van der Waals surface area (Å²) in [5, 5.41) is 1.43. The molecule has 1 aromatic heterocycles. The zero-order chi connectivity index (χ0) is 14.8. The first-order chi connectivity index (χ1) is 10.2. The first kappa shape index (κ1) is 14.9. The van der Waals surface area contributed by atoms with E-state index in [0.717, 1.165) is 41.9 Å². The Labute approximate surface area is 136 Å². The van der Waals surface area contributed by atoms with E-state index in [1.165, 1.54) is 12.1 Å². The molecule has 1 fully saturated rings. The highest BCUT2D eigenvalue weighted by atomic mass is 35.5. The molecule has 0 N–H and O–H groups in total. The van der Waals surface area contributed by atoms with Crippen LogP contribution in [-0.2, 0) is 5.88 Å². The molecule has 21 heavy (non-hydrogen) atoms. The monoisotopic (exact) mass is 345 g/mol. The van der Waals surface area contributed by atoms with Crippen molar-refractivity contribution in [2.45, 2.75) is 5.88 Å². The van der Waals surface area contributed by atoms with Crippen LogP contribution in [0.5, 0.6) is 0 Å². The van der Waals surface area contributed by atoms with Crippen molar-refractivity contribution in [1.29, 1.82) is 0 Å². The lowest BCUT2D eigenvalue weighted by atomic mass is 10.2. The third-order valence-electron chi connectivity index (χ3n) is 3.50. The third-order valence-corrected chi connectivity index (χ3v) is 5.47. The first-order valence-electron chi connectivity index (χ1n) is 6.64. The highest BCUT2D eigenvalue weighted by Crippen LogP contribution is 2.31. The molecule has 1 aliphatic heterocycles. The van der Waals surface area contributed by atoms with Gasteiger partial charge in [-0.25, -0.2) is 9.37 Å². The molecule has 1 saturated heterocycles. The van der Waals surface area contributed by atoms with Gasteiger partial charge in [-0.3, -0.25) is 0 Å². The molecule has 1 aliphatic rings. The Bertz CT molecular complexity index is 609. The van der Waals surface area contributed by atoms with E-state index < -0.39 is 0 Å². The van der Waals surface area contributed by atoms with Crippen molar-refractivity contribution >= 4 is 45.4 Å². The van der Waals surface area contributed by atoms with Crippen LogP contribution in [0.25, 0.3) is 0 Å². The van der Waals surface area contributed by atoms with Crippen LogP contribution in [0.15, 0.2) is 24.3 Å². The van der Waals surface area contributed by atoms with Crippen LogP contribution in [-0.4, -0.2) is 31.2 Å². The number of rotatable bonds is 3. The Kier molecular flexibility index (Phi) is 4.52. The highest BCUT2D eigenvalue weighted by molar-refractivity contribution is 7.16. The Hall–Kier alpha value is -1.04. The van der Waals surface area contributed by atoms with Gasteiger partial charge in [-0.2, -0.15) is 0 Å². The molecular weight excluding hydrogens is 332 g/mol. The summed E-state index contributed by atoms with van der Waals surface area (Å²) in [7, 11) is 0. The van der Waals surface area contributed by atoms with Gasteiger partial charge in [0.05, 0.1) is 10.8 Å². The number of thiazole rings is 1. The minimum Gasteiger partial charge on any atom is -0.368 e. The molecule has 0 amide bonds. The Morgan fingerprint density at radius 3 is 2.29 bits per heavy atom. The van der Waals surface area contributed by atoms with Gasteiger partial charge in [-0.05, 0) is 24.3 Å². The number of nitrogens with zero attached hydrogens (tertiary/aromatic N) is 3. The molecule has 7 heteroatoms. The van der Waals surface area contributed by atoms with Crippen molar-refractivity contribution < 1.29 is 4.39 Å². The number of halogens is 3. The Morgan fingerprint density at radius 1 is 1.10 bits per heavy atom. The average molecular weight is 346 g/mol. The minimum absolute atomic E-state index is 0.205. The highest BCUT2D eigenvalue weighted by Gasteiger charge is 2.21. The normalized spacial score (nSPS) is 15.6. The molecule has 2 heterocycles. The summed E-state index contributed by atoms with van der Waals surface area (Å²) in [5.41, 5.74) is 1.05. The molecule has 0 atom stereocenters. The summed E-state index contributed by atoms with van der Waals surface area (Å²) in [6.07, 6.45) is 0. The quantitative estimate of drug-likeness (QED) is 0.783. The lowest BCUT2D eigenvalue weighted by molar-refractivity contribution is 0.624. The van der Waals surface area contributed by atoms with E-state index in [1.54, 1.807) is 11.3 Å². The number of hydrogen-bond acceptors (Lipinski definition) is 4. The molecule has 1 aromatic carbocycles. The van der Waals surface area contributed by atoms with E-state index in [2.05, 4.69) is 14.8 Å². The van der Waals surface area contributed by atoms with Gasteiger partial charge < -0.3 is 9.80 Å². The maximum atomic E-state index is 13.0. The molecule has 112 valence electrons. The smallest absolute Gasteiger partial charge is 0.187 e. The standard InChI is InChI=1S/C14H14Cl2FN3S/c15-9-12-13(16)18-14(21-12)20-7-5-19(6-8-20)11-3-1-10(17)2-4-11/h1-4H,5-9H2. The number of aromatic nitrogens is 1. The van der Waals surface area contributed by atoms with Gasteiger partial charge in [0, 0.05) is 31.9 Å². The summed E-state index contributed by atoms with van der Waals surface area (Å²) < 4.78 is 13.0. The largest absolute Gasteiger partial charge is 0.368 e. The van der Waals surface area contributed by atoms with E-state index >= 15 is 0 Å². The molecule has 3 nitrogen and oxygen atoms in total. The van der Waals surface area contributed by atoms with Crippen molar-refractivity contribution in [2.75, 3.05) is 36.0 Å². The first-order valence-corrected chi connectivity index (χ1v) is 8.37. The Balaban J connectivity index is 1.65. The summed E-state index contributed by atoms with van der Waals surface area (Å²) in [4.78, 5) is 9.74. The predicted molar refractivity (Wildman–Crippen MR) is 87.5 cm³/mol. The van der Waals surface area contributed by atoms with Gasteiger partial charge in [0.1, 0.15) is 11.0 Å². The van der Waals surface area contributed by atoms with Crippen LogP contribution in [0, 0.1) is 5.82 Å². The molecule has 0 unspecified atom stereocenters. The summed E-state index contributed by atoms with van der Waals surface area (Å²) in [6.45, 7) is 3.48.